The second-order valence-electron chi connectivity index (χ2n) is 2.97. The fourth-order valence-electron chi connectivity index (χ4n) is 1.07. The fourth-order valence-corrected chi connectivity index (χ4v) is 1.07. The highest BCUT2D eigenvalue weighted by atomic mass is 16.1. The van der Waals surface area contributed by atoms with E-state index >= 15 is 0 Å². The van der Waals surface area contributed by atoms with Gasteiger partial charge in [-0.15, -0.1) is 0 Å². The largest absolute Gasteiger partial charge is 0.348 e. The molecule has 1 aliphatic heterocycles. The molecule has 1 rings (SSSR count). The molecule has 0 bridgehead atoms. The van der Waals surface area contributed by atoms with Gasteiger partial charge >= 0.3 is 0 Å². The summed E-state index contributed by atoms with van der Waals surface area (Å²) in [5, 5.41) is 2.76. The van der Waals surface area contributed by atoms with E-state index in [9.17, 15) is 4.79 Å². The number of carbonyl (C=O) groups is 1. The van der Waals surface area contributed by atoms with Crippen molar-refractivity contribution in [1.29, 1.82) is 0 Å². The summed E-state index contributed by atoms with van der Waals surface area (Å²) >= 11 is 0. The Hall–Kier alpha value is -1.31. The van der Waals surface area contributed by atoms with Crippen LogP contribution in [0.4, 0.5) is 0 Å². The maximum atomic E-state index is 11.2. The maximum absolute atomic E-state index is 11.2. The molecular weight excluding hydrogens is 150 g/mol. The van der Waals surface area contributed by atoms with Gasteiger partial charge in [-0.25, -0.2) is 0 Å². The van der Waals surface area contributed by atoms with Crippen molar-refractivity contribution in [2.75, 3.05) is 6.54 Å². The Labute approximate surface area is 72.7 Å². The second-order valence-corrected chi connectivity index (χ2v) is 2.97. The first-order valence-electron chi connectivity index (χ1n) is 3.94. The van der Waals surface area contributed by atoms with Crippen LogP contribution in [-0.4, -0.2) is 12.5 Å². The van der Waals surface area contributed by atoms with Crippen molar-refractivity contribution >= 4 is 5.91 Å². The highest BCUT2D eigenvalue weighted by Gasteiger charge is 2.16. The van der Waals surface area contributed by atoms with E-state index in [4.69, 9.17) is 0 Å². The summed E-state index contributed by atoms with van der Waals surface area (Å²) in [5.74, 6) is 0.0219. The van der Waals surface area contributed by atoms with E-state index in [-0.39, 0.29) is 5.91 Å². The molecule has 2 heteroatoms. The lowest BCUT2D eigenvalue weighted by Gasteiger charge is -1.94. The average Bonchev–Trinajstić information content (AvgIpc) is 2.35. The van der Waals surface area contributed by atoms with Gasteiger partial charge in [0.2, 0.25) is 0 Å². The molecule has 0 aromatic heterocycles. The van der Waals surface area contributed by atoms with E-state index in [0.717, 1.165) is 16.7 Å². The number of nitrogens with one attached hydrogen (secondary N) is 1. The third kappa shape index (κ3) is 1.64. The summed E-state index contributed by atoms with van der Waals surface area (Å²) in [6.45, 7) is 8.19. The zero-order valence-corrected chi connectivity index (χ0v) is 7.48. The molecule has 0 spiro atoms. The van der Waals surface area contributed by atoms with E-state index in [0.29, 0.717) is 6.54 Å². The Bertz CT molecular complexity index is 284. The Kier molecular flexibility index (Phi) is 2.48. The van der Waals surface area contributed by atoms with Crippen molar-refractivity contribution < 1.29 is 4.79 Å². The zero-order valence-electron chi connectivity index (χ0n) is 7.48. The molecule has 2 nitrogen and oxygen atoms in total. The molecule has 64 valence electrons. The molecule has 0 atom stereocenters. The van der Waals surface area contributed by atoms with Crippen LogP contribution in [0.15, 0.2) is 35.5 Å². The number of carbonyl (C=O) groups excluding carboxylic acids is 1. The molecule has 1 heterocycles. The summed E-state index contributed by atoms with van der Waals surface area (Å²) in [6, 6.07) is 0. The second kappa shape index (κ2) is 3.39. The van der Waals surface area contributed by atoms with E-state index in [2.05, 4.69) is 11.9 Å². The highest BCUT2D eigenvalue weighted by molar-refractivity contribution is 5.99. The van der Waals surface area contributed by atoms with Gasteiger partial charge in [0.1, 0.15) is 0 Å². The minimum Gasteiger partial charge on any atom is -0.348 e. The number of rotatable bonds is 2. The normalized spacial score (nSPS) is 18.2. The Morgan fingerprint density at radius 2 is 2.33 bits per heavy atom. The number of hydrogen-bond donors (Lipinski definition) is 1. The quantitative estimate of drug-likeness (QED) is 0.615. The molecule has 0 radical (unpaired) electrons. The standard InChI is InChI=1S/C10H13NO/c1-4-7(2)5-9-8(3)6-11-10(9)12/h4-5H,1,6H2,2-3H3,(H,11,12)/b7-5-. The van der Waals surface area contributed by atoms with Gasteiger partial charge in [-0.2, -0.15) is 0 Å². The van der Waals surface area contributed by atoms with Gasteiger partial charge in [-0.3, -0.25) is 4.79 Å². The van der Waals surface area contributed by atoms with Crippen LogP contribution in [0.25, 0.3) is 0 Å². The van der Waals surface area contributed by atoms with Crippen LogP contribution in [0.5, 0.6) is 0 Å². The van der Waals surface area contributed by atoms with Crippen LogP contribution >= 0.6 is 0 Å². The van der Waals surface area contributed by atoms with E-state index in [1.807, 2.05) is 19.9 Å². The van der Waals surface area contributed by atoms with E-state index in [1.165, 1.54) is 0 Å². The lowest BCUT2D eigenvalue weighted by Crippen LogP contribution is -2.16. The number of amides is 1. The van der Waals surface area contributed by atoms with E-state index in [1.54, 1.807) is 6.08 Å². The third-order valence-corrected chi connectivity index (χ3v) is 1.91. The molecule has 12 heavy (non-hydrogen) atoms. The summed E-state index contributed by atoms with van der Waals surface area (Å²) in [4.78, 5) is 11.2. The molecule has 0 saturated carbocycles. The molecule has 1 aliphatic rings. The Morgan fingerprint density at radius 3 is 2.75 bits per heavy atom. The molecule has 0 aromatic rings. The lowest BCUT2D eigenvalue weighted by molar-refractivity contribution is -0.116. The first kappa shape index (κ1) is 8.78. The molecule has 0 aliphatic carbocycles. The molecule has 0 aromatic carbocycles. The summed E-state index contributed by atoms with van der Waals surface area (Å²) < 4.78 is 0. The van der Waals surface area contributed by atoms with Gasteiger partial charge in [0.05, 0.1) is 0 Å². The first-order valence-corrected chi connectivity index (χ1v) is 3.94. The van der Waals surface area contributed by atoms with Crippen molar-refractivity contribution in [3.8, 4) is 0 Å². The van der Waals surface area contributed by atoms with Crippen LogP contribution in [0, 0.1) is 0 Å². The monoisotopic (exact) mass is 163 g/mol. The van der Waals surface area contributed by atoms with Crippen molar-refractivity contribution in [3.63, 3.8) is 0 Å². The van der Waals surface area contributed by atoms with Gasteiger partial charge in [0.25, 0.3) is 5.91 Å². The zero-order chi connectivity index (χ0) is 9.14. The summed E-state index contributed by atoms with van der Waals surface area (Å²) in [5.41, 5.74) is 2.90. The van der Waals surface area contributed by atoms with Gasteiger partial charge in [0.15, 0.2) is 0 Å². The number of allylic oxidation sites excluding steroid dienone is 2. The molecule has 0 fully saturated rings. The van der Waals surface area contributed by atoms with Crippen LogP contribution in [-0.2, 0) is 4.79 Å². The highest BCUT2D eigenvalue weighted by Crippen LogP contribution is 2.13. The molecule has 1 amide bonds. The van der Waals surface area contributed by atoms with Gasteiger partial charge in [-0.05, 0) is 25.5 Å². The predicted octanol–water partition coefficient (Wildman–Crippen LogP) is 1.56. The van der Waals surface area contributed by atoms with Crippen LogP contribution in [0.1, 0.15) is 13.8 Å². The maximum Gasteiger partial charge on any atom is 0.251 e. The Balaban J connectivity index is 2.94. The smallest absolute Gasteiger partial charge is 0.251 e. The van der Waals surface area contributed by atoms with E-state index < -0.39 is 0 Å². The molecule has 0 saturated heterocycles. The van der Waals surface area contributed by atoms with Gasteiger partial charge in [0, 0.05) is 12.1 Å². The number of hydrogen-bond acceptors (Lipinski definition) is 1. The summed E-state index contributed by atoms with van der Waals surface area (Å²) in [6.07, 6.45) is 3.61. The SMILES string of the molecule is C=C/C(C)=C\C1=C(C)CNC1=O. The molecule has 0 unspecified atom stereocenters. The third-order valence-electron chi connectivity index (χ3n) is 1.91. The molecule has 1 N–H and O–H groups in total. The minimum atomic E-state index is 0.0219. The van der Waals surface area contributed by atoms with Gasteiger partial charge in [-0.1, -0.05) is 18.2 Å². The predicted molar refractivity (Wildman–Crippen MR) is 49.7 cm³/mol. The fraction of sp³-hybridized carbons (Fsp3) is 0.300. The summed E-state index contributed by atoms with van der Waals surface area (Å²) in [7, 11) is 0. The van der Waals surface area contributed by atoms with Crippen LogP contribution in [0.3, 0.4) is 0 Å². The van der Waals surface area contributed by atoms with Crippen molar-refractivity contribution in [2.24, 2.45) is 0 Å². The first-order chi connectivity index (χ1) is 5.65. The Morgan fingerprint density at radius 1 is 1.67 bits per heavy atom. The van der Waals surface area contributed by atoms with Crippen LogP contribution in [0.2, 0.25) is 0 Å². The average molecular weight is 163 g/mol. The van der Waals surface area contributed by atoms with Crippen molar-refractivity contribution in [2.45, 2.75) is 13.8 Å². The lowest BCUT2D eigenvalue weighted by atomic mass is 10.1. The molecular formula is C10H13NO. The topological polar surface area (TPSA) is 29.1 Å². The van der Waals surface area contributed by atoms with Crippen molar-refractivity contribution in [3.05, 3.63) is 35.5 Å². The van der Waals surface area contributed by atoms with Crippen molar-refractivity contribution in [1.82, 2.24) is 5.32 Å². The minimum absolute atomic E-state index is 0.0219. The van der Waals surface area contributed by atoms with Gasteiger partial charge < -0.3 is 5.32 Å². The van der Waals surface area contributed by atoms with Crippen LogP contribution < -0.4 is 5.32 Å².